The van der Waals surface area contributed by atoms with E-state index in [4.69, 9.17) is 9.84 Å². The largest absolute Gasteiger partial charge is 0.485 e. The molecule has 0 saturated carbocycles. The first-order valence-electron chi connectivity index (χ1n) is 5.29. The van der Waals surface area contributed by atoms with E-state index >= 15 is 0 Å². The van der Waals surface area contributed by atoms with Gasteiger partial charge in [0.15, 0.2) is 5.75 Å². The van der Waals surface area contributed by atoms with Crippen LogP contribution in [-0.4, -0.2) is 39.5 Å². The molecule has 1 aromatic carbocycles. The SMILES string of the molecule is O=C(O)NCCOc1cc2[nH]ncc2cc1[N+](=O)[O-]. The van der Waals surface area contributed by atoms with Gasteiger partial charge in [-0.3, -0.25) is 15.2 Å². The first kappa shape index (κ1) is 12.6. The maximum absolute atomic E-state index is 10.9. The van der Waals surface area contributed by atoms with E-state index in [1.54, 1.807) is 0 Å². The summed E-state index contributed by atoms with van der Waals surface area (Å²) >= 11 is 0. The molecule has 0 unspecified atom stereocenters. The van der Waals surface area contributed by atoms with Crippen LogP contribution in [0.2, 0.25) is 0 Å². The molecule has 19 heavy (non-hydrogen) atoms. The molecule has 0 atom stereocenters. The number of nitrogens with zero attached hydrogens (tertiary/aromatic N) is 2. The minimum atomic E-state index is -1.18. The molecule has 9 heteroatoms. The number of fused-ring (bicyclic) bond motifs is 1. The molecule has 0 saturated heterocycles. The number of amides is 1. The molecule has 9 nitrogen and oxygen atoms in total. The fourth-order valence-electron chi connectivity index (χ4n) is 1.54. The first-order valence-corrected chi connectivity index (χ1v) is 5.29. The molecule has 0 aliphatic rings. The van der Waals surface area contributed by atoms with Crippen LogP contribution in [0.4, 0.5) is 10.5 Å². The Balaban J connectivity index is 2.17. The van der Waals surface area contributed by atoms with Crippen molar-refractivity contribution < 1.29 is 19.6 Å². The summed E-state index contributed by atoms with van der Waals surface area (Å²) in [5.74, 6) is 0.0638. The highest BCUT2D eigenvalue weighted by molar-refractivity contribution is 5.83. The van der Waals surface area contributed by atoms with Crippen molar-refractivity contribution in [2.75, 3.05) is 13.2 Å². The lowest BCUT2D eigenvalue weighted by atomic mass is 10.2. The number of aromatic amines is 1. The summed E-state index contributed by atoms with van der Waals surface area (Å²) in [6.45, 7) is 0.0281. The highest BCUT2D eigenvalue weighted by Gasteiger charge is 2.17. The lowest BCUT2D eigenvalue weighted by Gasteiger charge is -2.06. The number of ether oxygens (including phenoxy) is 1. The quantitative estimate of drug-likeness (QED) is 0.422. The Morgan fingerprint density at radius 1 is 1.58 bits per heavy atom. The molecule has 0 radical (unpaired) electrons. The Labute approximate surface area is 106 Å². The summed E-state index contributed by atoms with van der Waals surface area (Å²) in [6.07, 6.45) is 0.292. The number of carboxylic acid groups (broad SMARTS) is 1. The molecule has 0 bridgehead atoms. The minimum Gasteiger partial charge on any atom is -0.485 e. The van der Waals surface area contributed by atoms with Gasteiger partial charge in [-0.05, 0) is 0 Å². The molecule has 2 rings (SSSR count). The Bertz CT molecular complexity index is 623. The lowest BCUT2D eigenvalue weighted by Crippen LogP contribution is -2.26. The number of nitrogens with one attached hydrogen (secondary N) is 2. The van der Waals surface area contributed by atoms with Crippen molar-refractivity contribution in [3.05, 3.63) is 28.4 Å². The van der Waals surface area contributed by atoms with Crippen LogP contribution < -0.4 is 10.1 Å². The van der Waals surface area contributed by atoms with Gasteiger partial charge < -0.3 is 15.2 Å². The second-order valence-corrected chi connectivity index (χ2v) is 3.61. The van der Waals surface area contributed by atoms with E-state index in [1.807, 2.05) is 0 Å². The van der Waals surface area contributed by atoms with Gasteiger partial charge in [-0.15, -0.1) is 0 Å². The van der Waals surface area contributed by atoms with Gasteiger partial charge in [-0.25, -0.2) is 4.79 Å². The summed E-state index contributed by atoms with van der Waals surface area (Å²) in [5, 5.41) is 28.4. The van der Waals surface area contributed by atoms with Gasteiger partial charge in [-0.2, -0.15) is 5.10 Å². The van der Waals surface area contributed by atoms with Crippen LogP contribution in [0.15, 0.2) is 18.3 Å². The molecule has 1 aromatic heterocycles. The summed E-state index contributed by atoms with van der Waals surface area (Å²) in [4.78, 5) is 20.6. The number of benzene rings is 1. The van der Waals surface area contributed by atoms with Gasteiger partial charge in [-0.1, -0.05) is 0 Å². The van der Waals surface area contributed by atoms with Gasteiger partial charge in [0.1, 0.15) is 6.61 Å². The van der Waals surface area contributed by atoms with Crippen molar-refractivity contribution in [1.29, 1.82) is 0 Å². The van der Waals surface area contributed by atoms with Crippen molar-refractivity contribution in [3.8, 4) is 5.75 Å². The van der Waals surface area contributed by atoms with Crippen LogP contribution in [0, 0.1) is 10.1 Å². The maximum atomic E-state index is 10.9. The standard InChI is InChI=1S/C10H10N4O5/c15-10(16)11-1-2-19-9-4-7-6(5-12-13-7)3-8(9)14(17)18/h3-5,11H,1-2H2,(H,12,13)(H,15,16). The third kappa shape index (κ3) is 2.89. The molecular weight excluding hydrogens is 256 g/mol. The number of nitro groups is 1. The summed E-state index contributed by atoms with van der Waals surface area (Å²) in [6, 6.07) is 2.81. The van der Waals surface area contributed by atoms with Crippen molar-refractivity contribution in [2.24, 2.45) is 0 Å². The number of rotatable bonds is 5. The van der Waals surface area contributed by atoms with Crippen molar-refractivity contribution in [3.63, 3.8) is 0 Å². The maximum Gasteiger partial charge on any atom is 0.404 e. The van der Waals surface area contributed by atoms with E-state index in [9.17, 15) is 14.9 Å². The fraction of sp³-hybridized carbons (Fsp3) is 0.200. The zero-order chi connectivity index (χ0) is 13.8. The molecule has 0 spiro atoms. The number of carbonyl (C=O) groups is 1. The van der Waals surface area contributed by atoms with Gasteiger partial charge in [0, 0.05) is 17.5 Å². The number of hydrogen-bond acceptors (Lipinski definition) is 5. The summed E-state index contributed by atoms with van der Waals surface area (Å²) in [5.41, 5.74) is 0.413. The topological polar surface area (TPSA) is 130 Å². The third-order valence-electron chi connectivity index (χ3n) is 2.35. The van der Waals surface area contributed by atoms with Crippen LogP contribution in [0.25, 0.3) is 10.9 Å². The Kier molecular flexibility index (Phi) is 3.46. The number of hydrogen-bond donors (Lipinski definition) is 3. The molecule has 0 aliphatic heterocycles. The van der Waals surface area contributed by atoms with Crippen LogP contribution in [0.1, 0.15) is 0 Å². The second kappa shape index (κ2) is 5.21. The van der Waals surface area contributed by atoms with Crippen LogP contribution >= 0.6 is 0 Å². The highest BCUT2D eigenvalue weighted by atomic mass is 16.6. The van der Waals surface area contributed by atoms with Crippen LogP contribution in [0.3, 0.4) is 0 Å². The van der Waals surface area contributed by atoms with Gasteiger partial charge in [0.05, 0.1) is 23.2 Å². The average molecular weight is 266 g/mol. The summed E-state index contributed by atoms with van der Waals surface area (Å²) < 4.78 is 5.21. The monoisotopic (exact) mass is 266 g/mol. The van der Waals surface area contributed by atoms with E-state index < -0.39 is 11.0 Å². The smallest absolute Gasteiger partial charge is 0.404 e. The van der Waals surface area contributed by atoms with E-state index in [1.165, 1.54) is 18.3 Å². The van der Waals surface area contributed by atoms with E-state index in [0.29, 0.717) is 10.9 Å². The predicted octanol–water partition coefficient (Wildman–Crippen LogP) is 1.12. The number of H-pyrrole nitrogens is 1. The molecule has 2 aromatic rings. The molecular formula is C10H10N4O5. The zero-order valence-corrected chi connectivity index (χ0v) is 9.62. The normalized spacial score (nSPS) is 10.3. The third-order valence-corrected chi connectivity index (χ3v) is 2.35. The number of aromatic nitrogens is 2. The van der Waals surface area contributed by atoms with Crippen molar-refractivity contribution >= 4 is 22.7 Å². The first-order chi connectivity index (χ1) is 9.08. The Morgan fingerprint density at radius 3 is 3.05 bits per heavy atom. The predicted molar refractivity (Wildman–Crippen MR) is 64.3 cm³/mol. The van der Waals surface area contributed by atoms with E-state index in [0.717, 1.165) is 0 Å². The molecule has 100 valence electrons. The Hall–Kier alpha value is -2.84. The van der Waals surface area contributed by atoms with Gasteiger partial charge in [0.25, 0.3) is 0 Å². The van der Waals surface area contributed by atoms with Crippen LogP contribution in [0.5, 0.6) is 5.75 Å². The molecule has 0 fully saturated rings. The molecule has 1 heterocycles. The van der Waals surface area contributed by atoms with Gasteiger partial charge >= 0.3 is 11.8 Å². The molecule has 0 aliphatic carbocycles. The van der Waals surface area contributed by atoms with Crippen molar-refractivity contribution in [2.45, 2.75) is 0 Å². The minimum absolute atomic E-state index is 0.00716. The van der Waals surface area contributed by atoms with Gasteiger partial charge in [0.2, 0.25) is 0 Å². The summed E-state index contributed by atoms with van der Waals surface area (Å²) in [7, 11) is 0. The number of nitro benzene ring substituents is 1. The Morgan fingerprint density at radius 2 is 2.37 bits per heavy atom. The molecule has 3 N–H and O–H groups in total. The van der Waals surface area contributed by atoms with Crippen molar-refractivity contribution in [1.82, 2.24) is 15.5 Å². The zero-order valence-electron chi connectivity index (χ0n) is 9.62. The fourth-order valence-corrected chi connectivity index (χ4v) is 1.54. The highest BCUT2D eigenvalue weighted by Crippen LogP contribution is 2.31. The van der Waals surface area contributed by atoms with Crippen LogP contribution in [-0.2, 0) is 0 Å². The van der Waals surface area contributed by atoms with E-state index in [2.05, 4.69) is 15.5 Å². The molecule has 1 amide bonds. The average Bonchev–Trinajstić information content (AvgIpc) is 2.80. The lowest BCUT2D eigenvalue weighted by molar-refractivity contribution is -0.385. The van der Waals surface area contributed by atoms with E-state index in [-0.39, 0.29) is 24.6 Å². The second-order valence-electron chi connectivity index (χ2n) is 3.61.